The highest BCUT2D eigenvalue weighted by Gasteiger charge is 2.02. The van der Waals surface area contributed by atoms with Crippen LogP contribution in [0.5, 0.6) is 0 Å². The summed E-state index contributed by atoms with van der Waals surface area (Å²) in [5.74, 6) is 5.70. The van der Waals surface area contributed by atoms with Crippen LogP contribution in [0.15, 0.2) is 53.0 Å². The zero-order chi connectivity index (χ0) is 14.4. The van der Waals surface area contributed by atoms with Crippen molar-refractivity contribution in [3.05, 3.63) is 69.2 Å². The molecule has 1 amide bonds. The third kappa shape index (κ3) is 4.41. The fourth-order valence-electron chi connectivity index (χ4n) is 1.54. The van der Waals surface area contributed by atoms with Gasteiger partial charge < -0.3 is 5.32 Å². The summed E-state index contributed by atoms with van der Waals surface area (Å²) in [4.78, 5) is 11.8. The van der Waals surface area contributed by atoms with E-state index in [1.54, 1.807) is 24.3 Å². The molecule has 0 aromatic heterocycles. The molecule has 0 radical (unpaired) electrons. The van der Waals surface area contributed by atoms with Gasteiger partial charge in [-0.2, -0.15) is 0 Å². The van der Waals surface area contributed by atoms with Crippen LogP contribution in [-0.2, 0) is 0 Å². The van der Waals surface area contributed by atoms with E-state index in [1.807, 2.05) is 24.3 Å². The van der Waals surface area contributed by atoms with E-state index in [1.165, 1.54) is 0 Å². The zero-order valence-corrected chi connectivity index (χ0v) is 12.8. The van der Waals surface area contributed by atoms with Crippen molar-refractivity contribution in [2.24, 2.45) is 0 Å². The molecule has 0 atom stereocenters. The summed E-state index contributed by atoms with van der Waals surface area (Å²) in [6.45, 7) is 0.293. The summed E-state index contributed by atoms with van der Waals surface area (Å²) in [6.07, 6.45) is 0. The van der Waals surface area contributed by atoms with Gasteiger partial charge in [0.1, 0.15) is 0 Å². The summed E-state index contributed by atoms with van der Waals surface area (Å²) in [5, 5.41) is 3.39. The van der Waals surface area contributed by atoms with E-state index >= 15 is 0 Å². The largest absolute Gasteiger partial charge is 0.341 e. The molecule has 0 fully saturated rings. The molecule has 2 rings (SSSR count). The number of amides is 1. The van der Waals surface area contributed by atoms with Crippen LogP contribution >= 0.6 is 27.5 Å². The van der Waals surface area contributed by atoms with Crippen molar-refractivity contribution >= 4 is 33.4 Å². The Balaban J connectivity index is 1.90. The van der Waals surface area contributed by atoms with E-state index in [-0.39, 0.29) is 5.91 Å². The molecule has 2 aromatic carbocycles. The Labute approximate surface area is 131 Å². The van der Waals surface area contributed by atoms with E-state index in [2.05, 4.69) is 33.1 Å². The number of rotatable bonds is 2. The van der Waals surface area contributed by atoms with Crippen LogP contribution in [0.2, 0.25) is 5.02 Å². The highest BCUT2D eigenvalue weighted by atomic mass is 79.9. The molecule has 0 spiro atoms. The molecule has 1 N–H and O–H groups in total. The molecule has 0 aliphatic heterocycles. The van der Waals surface area contributed by atoms with Gasteiger partial charge in [0.2, 0.25) is 0 Å². The maximum atomic E-state index is 11.8. The Kier molecular flexibility index (Phi) is 5.23. The van der Waals surface area contributed by atoms with Gasteiger partial charge in [0.25, 0.3) is 5.91 Å². The Bertz CT molecular complexity index is 671. The smallest absolute Gasteiger partial charge is 0.252 e. The predicted octanol–water partition coefficient (Wildman–Crippen LogP) is 3.88. The summed E-state index contributed by atoms with van der Waals surface area (Å²) >= 11 is 9.18. The normalized spacial score (nSPS) is 9.50. The number of benzene rings is 2. The highest BCUT2D eigenvalue weighted by molar-refractivity contribution is 9.10. The van der Waals surface area contributed by atoms with Gasteiger partial charge in [-0.1, -0.05) is 45.4 Å². The van der Waals surface area contributed by atoms with Crippen molar-refractivity contribution in [2.75, 3.05) is 6.54 Å². The van der Waals surface area contributed by atoms with E-state index in [0.717, 1.165) is 10.0 Å². The molecule has 0 aliphatic carbocycles. The van der Waals surface area contributed by atoms with Gasteiger partial charge in [-0.05, 0) is 42.5 Å². The van der Waals surface area contributed by atoms with Gasteiger partial charge in [-0.15, -0.1) is 0 Å². The third-order valence-electron chi connectivity index (χ3n) is 2.50. The summed E-state index contributed by atoms with van der Waals surface area (Å²) in [5.41, 5.74) is 1.44. The lowest BCUT2D eigenvalue weighted by Crippen LogP contribution is -2.23. The lowest BCUT2D eigenvalue weighted by Gasteiger charge is -2.01. The summed E-state index contributed by atoms with van der Waals surface area (Å²) in [7, 11) is 0. The van der Waals surface area contributed by atoms with Crippen LogP contribution in [0.1, 0.15) is 15.9 Å². The summed E-state index contributed by atoms with van der Waals surface area (Å²) in [6, 6.07) is 14.4. The SMILES string of the molecule is O=C(NCC#Cc1cccc(Cl)c1)c1ccc(Br)cc1. The number of hydrogen-bond donors (Lipinski definition) is 1. The monoisotopic (exact) mass is 347 g/mol. The van der Waals surface area contributed by atoms with Crippen LogP contribution in [0, 0.1) is 11.8 Å². The number of hydrogen-bond acceptors (Lipinski definition) is 1. The Morgan fingerprint density at radius 2 is 1.95 bits per heavy atom. The first-order valence-corrected chi connectivity index (χ1v) is 7.10. The molecule has 0 bridgehead atoms. The minimum absolute atomic E-state index is 0.141. The number of carbonyl (C=O) groups is 1. The average molecular weight is 349 g/mol. The molecular formula is C16H11BrClNO. The Morgan fingerprint density at radius 1 is 1.20 bits per heavy atom. The maximum absolute atomic E-state index is 11.8. The molecule has 0 aliphatic rings. The van der Waals surface area contributed by atoms with Gasteiger partial charge in [-0.3, -0.25) is 4.79 Å². The van der Waals surface area contributed by atoms with Crippen molar-refractivity contribution in [1.82, 2.24) is 5.32 Å². The molecule has 0 unspecified atom stereocenters. The zero-order valence-electron chi connectivity index (χ0n) is 10.5. The van der Waals surface area contributed by atoms with E-state index in [9.17, 15) is 4.79 Å². The first-order valence-electron chi connectivity index (χ1n) is 5.93. The number of carbonyl (C=O) groups excluding carboxylic acids is 1. The van der Waals surface area contributed by atoms with Crippen LogP contribution in [-0.4, -0.2) is 12.5 Å². The van der Waals surface area contributed by atoms with Gasteiger partial charge in [0.15, 0.2) is 0 Å². The molecule has 2 nitrogen and oxygen atoms in total. The first kappa shape index (κ1) is 14.6. The maximum Gasteiger partial charge on any atom is 0.252 e. The van der Waals surface area contributed by atoms with Gasteiger partial charge in [-0.25, -0.2) is 0 Å². The lowest BCUT2D eigenvalue weighted by atomic mass is 10.2. The second-order valence-corrected chi connectivity index (χ2v) is 5.35. The van der Waals surface area contributed by atoms with Crippen LogP contribution in [0.25, 0.3) is 0 Å². The third-order valence-corrected chi connectivity index (χ3v) is 3.26. The van der Waals surface area contributed by atoms with Gasteiger partial charge >= 0.3 is 0 Å². The van der Waals surface area contributed by atoms with E-state index < -0.39 is 0 Å². The van der Waals surface area contributed by atoms with Crippen molar-refractivity contribution in [2.45, 2.75) is 0 Å². The molecular weight excluding hydrogens is 338 g/mol. The van der Waals surface area contributed by atoms with E-state index in [4.69, 9.17) is 11.6 Å². The fourth-order valence-corrected chi connectivity index (χ4v) is 1.99. The van der Waals surface area contributed by atoms with Crippen LogP contribution < -0.4 is 5.32 Å². The molecule has 4 heteroatoms. The van der Waals surface area contributed by atoms with Crippen molar-refractivity contribution in [1.29, 1.82) is 0 Å². The quantitative estimate of drug-likeness (QED) is 0.820. The Hall–Kier alpha value is -1.76. The van der Waals surface area contributed by atoms with Crippen molar-refractivity contribution < 1.29 is 4.79 Å². The van der Waals surface area contributed by atoms with Crippen LogP contribution in [0.3, 0.4) is 0 Å². The molecule has 0 heterocycles. The lowest BCUT2D eigenvalue weighted by molar-refractivity contribution is 0.0958. The molecule has 0 saturated carbocycles. The topological polar surface area (TPSA) is 29.1 Å². The fraction of sp³-hybridized carbons (Fsp3) is 0.0625. The minimum Gasteiger partial charge on any atom is -0.341 e. The number of halogens is 2. The highest BCUT2D eigenvalue weighted by Crippen LogP contribution is 2.10. The molecule has 100 valence electrons. The number of nitrogens with one attached hydrogen (secondary N) is 1. The second kappa shape index (κ2) is 7.14. The molecule has 0 saturated heterocycles. The van der Waals surface area contributed by atoms with Gasteiger partial charge in [0.05, 0.1) is 6.54 Å². The Morgan fingerprint density at radius 3 is 2.65 bits per heavy atom. The minimum atomic E-state index is -0.141. The molecule has 20 heavy (non-hydrogen) atoms. The van der Waals surface area contributed by atoms with E-state index in [0.29, 0.717) is 17.1 Å². The van der Waals surface area contributed by atoms with Crippen LogP contribution in [0.4, 0.5) is 0 Å². The van der Waals surface area contributed by atoms with Crippen molar-refractivity contribution in [3.8, 4) is 11.8 Å². The molecule has 2 aromatic rings. The van der Waals surface area contributed by atoms with Gasteiger partial charge in [0, 0.05) is 20.6 Å². The second-order valence-electron chi connectivity index (χ2n) is 4.00. The summed E-state index contributed by atoms with van der Waals surface area (Å²) < 4.78 is 0.940. The first-order chi connectivity index (χ1) is 9.65. The average Bonchev–Trinajstić information content (AvgIpc) is 2.44. The standard InChI is InChI=1S/C16H11BrClNO/c17-14-8-6-13(7-9-14)16(20)19-10-2-4-12-3-1-5-15(18)11-12/h1,3,5-9,11H,10H2,(H,19,20). The predicted molar refractivity (Wildman–Crippen MR) is 84.8 cm³/mol. The van der Waals surface area contributed by atoms with Crippen molar-refractivity contribution in [3.63, 3.8) is 0 Å².